The van der Waals surface area contributed by atoms with Crippen LogP contribution in [0.25, 0.3) is 0 Å². The molecule has 0 saturated carbocycles. The van der Waals surface area contributed by atoms with Crippen molar-refractivity contribution < 1.29 is 14.4 Å². The van der Waals surface area contributed by atoms with E-state index in [-0.39, 0.29) is 13.2 Å². The van der Waals surface area contributed by atoms with E-state index < -0.39 is 14.6 Å². The van der Waals surface area contributed by atoms with Gasteiger partial charge in [0.25, 0.3) is 3.79 Å². The van der Waals surface area contributed by atoms with Gasteiger partial charge in [-0.1, -0.05) is 34.8 Å². The van der Waals surface area contributed by atoms with Gasteiger partial charge in [-0.15, -0.1) is 4.81 Å². The first kappa shape index (κ1) is 11.3. The first-order chi connectivity index (χ1) is 5.83. The lowest BCUT2D eigenvalue weighted by Gasteiger charge is -2.32. The van der Waals surface area contributed by atoms with Gasteiger partial charge in [-0.25, -0.2) is 4.79 Å². The smallest absolute Gasteiger partial charge is 0.418 e. The molecule has 0 spiro atoms. The van der Waals surface area contributed by atoms with Crippen LogP contribution in [-0.4, -0.2) is 34.3 Å². The Kier molecular flexibility index (Phi) is 3.27. The molecular formula is C5H7Cl3N2O3. The normalized spacial score (nSPS) is 28.9. The second kappa shape index (κ2) is 3.76. The maximum atomic E-state index is 11.4. The van der Waals surface area contributed by atoms with E-state index in [1.807, 2.05) is 0 Å². The van der Waals surface area contributed by atoms with E-state index >= 15 is 0 Å². The second-order valence-corrected chi connectivity index (χ2v) is 4.85. The predicted octanol–water partition coefficient (Wildman–Crippen LogP) is 0.690. The Morgan fingerprint density at radius 3 is 2.54 bits per heavy atom. The standard InChI is InChI=1S/C5H7Cl3N2O3/c6-5(7,8)4(11)13-10(12)2-1-9-3-10/h9H,1-3H2. The number of rotatable bonds is 1. The number of halogens is 3. The Morgan fingerprint density at radius 2 is 2.15 bits per heavy atom. The number of hydrogen-bond donors (Lipinski definition) is 1. The third-order valence-corrected chi connectivity index (χ3v) is 1.93. The van der Waals surface area contributed by atoms with Crippen molar-refractivity contribution in [2.75, 3.05) is 19.8 Å². The highest BCUT2D eigenvalue weighted by atomic mass is 35.6. The van der Waals surface area contributed by atoms with Gasteiger partial charge in [0.1, 0.15) is 6.54 Å². The molecule has 1 heterocycles. The van der Waals surface area contributed by atoms with Crippen LogP contribution in [-0.2, 0) is 9.63 Å². The van der Waals surface area contributed by atoms with Crippen molar-refractivity contribution in [3.8, 4) is 0 Å². The molecule has 8 heteroatoms. The van der Waals surface area contributed by atoms with Gasteiger partial charge in [0.05, 0.1) is 6.54 Å². The number of alkyl halides is 3. The fraction of sp³-hybridized carbons (Fsp3) is 0.800. The number of hydrogen-bond acceptors (Lipinski definition) is 4. The number of nitrogens with one attached hydrogen (secondary N) is 1. The number of nitrogens with zero attached hydrogens (tertiary/aromatic N) is 1. The molecule has 0 aromatic rings. The first-order valence-electron chi connectivity index (χ1n) is 3.43. The Bertz CT molecular complexity index is 212. The summed E-state index contributed by atoms with van der Waals surface area (Å²) in [5.74, 6) is -1.16. The van der Waals surface area contributed by atoms with Gasteiger partial charge in [-0.05, 0) is 0 Å². The highest BCUT2D eigenvalue weighted by molar-refractivity contribution is 6.75. The van der Waals surface area contributed by atoms with Crippen molar-refractivity contribution in [2.24, 2.45) is 0 Å². The molecule has 0 amide bonds. The van der Waals surface area contributed by atoms with E-state index in [1.165, 1.54) is 0 Å². The van der Waals surface area contributed by atoms with Gasteiger partial charge in [0.2, 0.25) is 0 Å². The third kappa shape index (κ3) is 3.12. The minimum Gasteiger partial charge on any atom is -0.588 e. The average Bonchev–Trinajstić information content (AvgIpc) is 2.33. The molecule has 1 unspecified atom stereocenters. The number of carbonyl (C=O) groups is 1. The highest BCUT2D eigenvalue weighted by Crippen LogP contribution is 2.29. The molecule has 1 fully saturated rings. The maximum absolute atomic E-state index is 11.4. The summed E-state index contributed by atoms with van der Waals surface area (Å²) in [5, 5.41) is 14.1. The van der Waals surface area contributed by atoms with E-state index in [4.69, 9.17) is 34.8 Å². The summed E-state index contributed by atoms with van der Waals surface area (Å²) in [6.45, 7) is 0.565. The molecule has 5 nitrogen and oxygen atoms in total. The van der Waals surface area contributed by atoms with Crippen LogP contribution in [0, 0.1) is 5.21 Å². The van der Waals surface area contributed by atoms with Crippen molar-refractivity contribution in [1.29, 1.82) is 0 Å². The molecule has 1 rings (SSSR count). The van der Waals surface area contributed by atoms with Gasteiger partial charge in [0, 0.05) is 0 Å². The molecule has 0 aromatic carbocycles. The van der Waals surface area contributed by atoms with E-state index in [0.29, 0.717) is 6.54 Å². The lowest BCUT2D eigenvalue weighted by molar-refractivity contribution is -1.04. The third-order valence-electron chi connectivity index (χ3n) is 1.46. The molecule has 0 aliphatic carbocycles. The van der Waals surface area contributed by atoms with E-state index in [0.717, 1.165) is 0 Å². The minimum absolute atomic E-state index is 0.0213. The molecule has 1 aliphatic rings. The van der Waals surface area contributed by atoms with Crippen LogP contribution >= 0.6 is 34.8 Å². The van der Waals surface area contributed by atoms with Crippen molar-refractivity contribution in [2.45, 2.75) is 3.79 Å². The molecule has 0 radical (unpaired) electrons. The van der Waals surface area contributed by atoms with Crippen molar-refractivity contribution in [3.63, 3.8) is 0 Å². The fourth-order valence-electron chi connectivity index (χ4n) is 0.859. The zero-order valence-corrected chi connectivity index (χ0v) is 8.69. The molecule has 0 bridgehead atoms. The Hall–Kier alpha value is 0.220. The van der Waals surface area contributed by atoms with Gasteiger partial charge in [-0.2, -0.15) is 0 Å². The predicted molar refractivity (Wildman–Crippen MR) is 47.7 cm³/mol. The van der Waals surface area contributed by atoms with Gasteiger partial charge >= 0.3 is 5.97 Å². The lowest BCUT2D eigenvalue weighted by atomic mass is 10.7. The first-order valence-corrected chi connectivity index (χ1v) is 4.56. The number of quaternary nitrogens is 1. The molecule has 1 N–H and O–H groups in total. The molecule has 13 heavy (non-hydrogen) atoms. The summed E-state index contributed by atoms with van der Waals surface area (Å²) in [7, 11) is 0. The van der Waals surface area contributed by atoms with Crippen LogP contribution < -0.4 is 5.32 Å². The second-order valence-electron chi connectivity index (χ2n) is 2.57. The van der Waals surface area contributed by atoms with Crippen LogP contribution in [0.15, 0.2) is 0 Å². The largest absolute Gasteiger partial charge is 0.588 e. The summed E-state index contributed by atoms with van der Waals surface area (Å²) in [6, 6.07) is 0. The summed E-state index contributed by atoms with van der Waals surface area (Å²) < 4.78 is -2.20. The molecule has 1 aliphatic heterocycles. The van der Waals surface area contributed by atoms with Crippen molar-refractivity contribution >= 4 is 40.8 Å². The fourth-order valence-corrected chi connectivity index (χ4v) is 0.962. The van der Waals surface area contributed by atoms with Gasteiger partial charge in [-0.3, -0.25) is 10.2 Å². The van der Waals surface area contributed by atoms with Gasteiger partial charge in [0.15, 0.2) is 6.67 Å². The minimum atomic E-state index is -2.20. The molecule has 76 valence electrons. The summed E-state index contributed by atoms with van der Waals surface area (Å²) in [4.78, 5) is 14.3. The van der Waals surface area contributed by atoms with E-state index in [1.54, 1.807) is 0 Å². The van der Waals surface area contributed by atoms with Crippen LogP contribution in [0.5, 0.6) is 0 Å². The lowest BCUT2D eigenvalue weighted by Crippen LogP contribution is -2.45. The summed E-state index contributed by atoms with van der Waals surface area (Å²) in [5.41, 5.74) is 0. The zero-order chi connectivity index (χ0) is 10.1. The quantitative estimate of drug-likeness (QED) is 0.422. The zero-order valence-electron chi connectivity index (χ0n) is 6.43. The van der Waals surface area contributed by atoms with Gasteiger partial charge < -0.3 is 5.21 Å². The Balaban J connectivity index is 2.53. The maximum Gasteiger partial charge on any atom is 0.418 e. The molecular weight excluding hydrogens is 242 g/mol. The highest BCUT2D eigenvalue weighted by Gasteiger charge is 2.40. The van der Waals surface area contributed by atoms with Crippen LogP contribution in [0.1, 0.15) is 0 Å². The van der Waals surface area contributed by atoms with E-state index in [2.05, 4.69) is 10.2 Å². The number of carbonyl (C=O) groups excluding carboxylic acids is 1. The molecule has 1 saturated heterocycles. The van der Waals surface area contributed by atoms with Crippen molar-refractivity contribution in [1.82, 2.24) is 5.32 Å². The number of hydroxylamine groups is 4. The Labute approximate surface area is 89.6 Å². The van der Waals surface area contributed by atoms with Crippen LogP contribution in [0.2, 0.25) is 0 Å². The Morgan fingerprint density at radius 1 is 1.54 bits per heavy atom. The topological polar surface area (TPSA) is 61.4 Å². The van der Waals surface area contributed by atoms with Crippen LogP contribution in [0.4, 0.5) is 0 Å². The monoisotopic (exact) mass is 248 g/mol. The summed E-state index contributed by atoms with van der Waals surface area (Å²) in [6.07, 6.45) is 0. The van der Waals surface area contributed by atoms with Crippen molar-refractivity contribution in [3.05, 3.63) is 5.21 Å². The molecule has 0 aromatic heterocycles. The van der Waals surface area contributed by atoms with E-state index in [9.17, 15) is 10.0 Å². The average molecular weight is 249 g/mol. The molecule has 1 atom stereocenters. The summed E-state index contributed by atoms with van der Waals surface area (Å²) >= 11 is 15.6. The SMILES string of the molecule is O=C(O[N+]1([O-])CCNC1)C(Cl)(Cl)Cl. The van der Waals surface area contributed by atoms with Crippen LogP contribution in [0.3, 0.4) is 0 Å².